The Morgan fingerprint density at radius 2 is 1.82 bits per heavy atom. The smallest absolute Gasteiger partial charge is 0.0903 e. The van der Waals surface area contributed by atoms with E-state index >= 15 is 0 Å². The lowest BCUT2D eigenvalue weighted by Crippen LogP contribution is -2.52. The van der Waals surface area contributed by atoms with Crippen molar-refractivity contribution in [1.29, 1.82) is 5.26 Å². The van der Waals surface area contributed by atoms with Gasteiger partial charge in [0, 0.05) is 13.2 Å². The lowest BCUT2D eigenvalue weighted by atomic mass is 9.60. The van der Waals surface area contributed by atoms with Crippen molar-refractivity contribution in [3.05, 3.63) is 0 Å². The Hall–Kier alpha value is -0.590. The van der Waals surface area contributed by atoms with Crippen molar-refractivity contribution >= 4 is 0 Å². The third-order valence-electron chi connectivity index (χ3n) is 4.96. The lowest BCUT2D eigenvalue weighted by molar-refractivity contribution is -0.128. The van der Waals surface area contributed by atoms with Crippen LogP contribution in [0.1, 0.15) is 51.9 Å². The van der Waals surface area contributed by atoms with Gasteiger partial charge >= 0.3 is 0 Å². The molecule has 2 fully saturated rings. The van der Waals surface area contributed by atoms with E-state index in [2.05, 4.69) is 13.0 Å². The number of nitriles is 1. The molecule has 0 aromatic heterocycles. The molecule has 3 nitrogen and oxygen atoms in total. The predicted molar refractivity (Wildman–Crippen MR) is 65.3 cm³/mol. The van der Waals surface area contributed by atoms with Crippen LogP contribution in [0, 0.1) is 22.7 Å². The maximum atomic E-state index is 10.9. The van der Waals surface area contributed by atoms with Gasteiger partial charge in [-0.25, -0.2) is 0 Å². The minimum absolute atomic E-state index is 0.552. The largest absolute Gasteiger partial charge is 0.388 e. The van der Waals surface area contributed by atoms with Gasteiger partial charge in [0.1, 0.15) is 0 Å². The molecule has 0 spiro atoms. The zero-order valence-corrected chi connectivity index (χ0v) is 10.7. The molecule has 0 unspecified atom stereocenters. The first kappa shape index (κ1) is 12.9. The van der Waals surface area contributed by atoms with Gasteiger partial charge in [-0.3, -0.25) is 0 Å². The van der Waals surface area contributed by atoms with E-state index in [0.717, 1.165) is 31.6 Å². The molecule has 0 bridgehead atoms. The van der Waals surface area contributed by atoms with Gasteiger partial charge in [-0.15, -0.1) is 0 Å². The van der Waals surface area contributed by atoms with Crippen LogP contribution in [0.3, 0.4) is 0 Å². The molecule has 2 rings (SSSR count). The van der Waals surface area contributed by atoms with E-state index < -0.39 is 11.0 Å². The third kappa shape index (κ3) is 2.21. The summed E-state index contributed by atoms with van der Waals surface area (Å²) >= 11 is 0. The molecule has 0 atom stereocenters. The SMILES string of the molecule is CCC1CCC(O)(C2(C#N)CCOCC2)CC1. The first-order chi connectivity index (χ1) is 8.16. The quantitative estimate of drug-likeness (QED) is 0.803. The van der Waals surface area contributed by atoms with Crippen LogP contribution in [-0.4, -0.2) is 23.9 Å². The minimum Gasteiger partial charge on any atom is -0.388 e. The summed E-state index contributed by atoms with van der Waals surface area (Å²) < 4.78 is 5.34. The van der Waals surface area contributed by atoms with Gasteiger partial charge < -0.3 is 9.84 Å². The topological polar surface area (TPSA) is 53.2 Å². The van der Waals surface area contributed by atoms with Crippen LogP contribution < -0.4 is 0 Å². The summed E-state index contributed by atoms with van der Waals surface area (Å²) in [6.45, 7) is 3.45. The Morgan fingerprint density at radius 3 is 2.29 bits per heavy atom. The first-order valence-electron chi connectivity index (χ1n) is 6.87. The summed E-state index contributed by atoms with van der Waals surface area (Å²) in [6.07, 6.45) is 6.29. The predicted octanol–water partition coefficient (Wildman–Crippen LogP) is 2.64. The van der Waals surface area contributed by atoms with Crippen molar-refractivity contribution in [2.75, 3.05) is 13.2 Å². The molecule has 1 N–H and O–H groups in total. The van der Waals surface area contributed by atoms with Crippen LogP contribution in [0.15, 0.2) is 0 Å². The summed E-state index contributed by atoms with van der Waals surface area (Å²) in [4.78, 5) is 0. The molecule has 0 aromatic carbocycles. The number of hydrogen-bond donors (Lipinski definition) is 1. The van der Waals surface area contributed by atoms with E-state index in [1.54, 1.807) is 0 Å². The highest BCUT2D eigenvalue weighted by Gasteiger charge is 2.52. The van der Waals surface area contributed by atoms with Gasteiger partial charge in [0.05, 0.1) is 17.1 Å². The van der Waals surface area contributed by atoms with Gasteiger partial charge in [0.25, 0.3) is 0 Å². The Labute approximate surface area is 104 Å². The average molecular weight is 237 g/mol. The summed E-state index contributed by atoms with van der Waals surface area (Å²) in [5.74, 6) is 0.742. The Bertz CT molecular complexity index is 294. The summed E-state index contributed by atoms with van der Waals surface area (Å²) in [5, 5.41) is 20.4. The molecule has 1 saturated carbocycles. The standard InChI is InChI=1S/C14H23NO2/c1-2-12-3-5-14(16,6-4-12)13(11-15)7-9-17-10-8-13/h12,16H,2-10H2,1H3. The Morgan fingerprint density at radius 1 is 1.24 bits per heavy atom. The molecule has 1 heterocycles. The van der Waals surface area contributed by atoms with Crippen molar-refractivity contribution in [3.8, 4) is 6.07 Å². The first-order valence-corrected chi connectivity index (χ1v) is 6.87. The van der Waals surface area contributed by atoms with E-state index in [0.29, 0.717) is 26.1 Å². The molecule has 17 heavy (non-hydrogen) atoms. The molecule has 0 amide bonds. The third-order valence-corrected chi connectivity index (χ3v) is 4.96. The van der Waals surface area contributed by atoms with Gasteiger partial charge in [0.15, 0.2) is 0 Å². The van der Waals surface area contributed by atoms with Crippen molar-refractivity contribution in [3.63, 3.8) is 0 Å². The second-order valence-electron chi connectivity index (χ2n) is 5.69. The van der Waals surface area contributed by atoms with Crippen LogP contribution in [0.25, 0.3) is 0 Å². The van der Waals surface area contributed by atoms with Gasteiger partial charge in [-0.2, -0.15) is 5.26 Å². The summed E-state index contributed by atoms with van der Waals surface area (Å²) in [7, 11) is 0. The van der Waals surface area contributed by atoms with Crippen molar-refractivity contribution in [2.45, 2.75) is 57.5 Å². The molecule has 1 saturated heterocycles. The highest BCUT2D eigenvalue weighted by Crippen LogP contribution is 2.49. The Kier molecular flexibility index (Phi) is 3.75. The fourth-order valence-corrected chi connectivity index (χ4v) is 3.44. The fourth-order valence-electron chi connectivity index (χ4n) is 3.44. The van der Waals surface area contributed by atoms with Gasteiger partial charge in [-0.05, 0) is 44.4 Å². The number of hydrogen-bond acceptors (Lipinski definition) is 3. The number of rotatable bonds is 2. The van der Waals surface area contributed by atoms with E-state index in [9.17, 15) is 10.4 Å². The van der Waals surface area contributed by atoms with E-state index in [-0.39, 0.29) is 0 Å². The van der Waals surface area contributed by atoms with Crippen molar-refractivity contribution in [2.24, 2.45) is 11.3 Å². The molecule has 1 aliphatic carbocycles. The molecule has 0 radical (unpaired) electrons. The molecule has 2 aliphatic rings. The molecule has 0 aromatic rings. The van der Waals surface area contributed by atoms with E-state index in [1.165, 1.54) is 6.42 Å². The van der Waals surface area contributed by atoms with Crippen molar-refractivity contribution < 1.29 is 9.84 Å². The number of ether oxygens (including phenoxy) is 1. The highest BCUT2D eigenvalue weighted by molar-refractivity contribution is 5.13. The maximum absolute atomic E-state index is 10.9. The summed E-state index contributed by atoms with van der Waals surface area (Å²) in [6, 6.07) is 2.43. The van der Waals surface area contributed by atoms with E-state index in [4.69, 9.17) is 4.74 Å². The van der Waals surface area contributed by atoms with Gasteiger partial charge in [-0.1, -0.05) is 13.3 Å². The minimum atomic E-state index is -0.767. The molecular formula is C14H23NO2. The zero-order valence-electron chi connectivity index (χ0n) is 10.7. The van der Waals surface area contributed by atoms with Crippen LogP contribution >= 0.6 is 0 Å². The second kappa shape index (κ2) is 4.96. The van der Waals surface area contributed by atoms with Crippen LogP contribution in [0.4, 0.5) is 0 Å². The number of aliphatic hydroxyl groups is 1. The fraction of sp³-hybridized carbons (Fsp3) is 0.929. The average Bonchev–Trinajstić information content (AvgIpc) is 2.40. The Balaban J connectivity index is 2.11. The van der Waals surface area contributed by atoms with E-state index in [1.807, 2.05) is 0 Å². The molecule has 1 aliphatic heterocycles. The molecular weight excluding hydrogens is 214 g/mol. The van der Waals surface area contributed by atoms with Crippen LogP contribution in [0.2, 0.25) is 0 Å². The van der Waals surface area contributed by atoms with Crippen LogP contribution in [-0.2, 0) is 4.74 Å². The van der Waals surface area contributed by atoms with Gasteiger partial charge in [0.2, 0.25) is 0 Å². The lowest BCUT2D eigenvalue weighted by Gasteiger charge is -2.48. The normalized spacial score (nSPS) is 37.4. The zero-order chi connectivity index (χ0) is 12.4. The maximum Gasteiger partial charge on any atom is 0.0903 e. The summed E-state index contributed by atoms with van der Waals surface area (Å²) in [5.41, 5.74) is -1.32. The highest BCUT2D eigenvalue weighted by atomic mass is 16.5. The second-order valence-corrected chi connectivity index (χ2v) is 5.69. The monoisotopic (exact) mass is 237 g/mol. The van der Waals surface area contributed by atoms with Crippen molar-refractivity contribution in [1.82, 2.24) is 0 Å². The number of nitrogens with zero attached hydrogens (tertiary/aromatic N) is 1. The van der Waals surface area contributed by atoms with Crippen LogP contribution in [0.5, 0.6) is 0 Å². The molecule has 96 valence electrons. The molecule has 3 heteroatoms.